The molecule has 0 amide bonds. The Labute approximate surface area is 112 Å². The van der Waals surface area contributed by atoms with E-state index < -0.39 is 0 Å². The Kier molecular flexibility index (Phi) is 3.20. The first kappa shape index (κ1) is 11.9. The van der Waals surface area contributed by atoms with E-state index in [9.17, 15) is 0 Å². The average Bonchev–Trinajstić information content (AvgIpc) is 2.86. The third kappa shape index (κ3) is 2.09. The summed E-state index contributed by atoms with van der Waals surface area (Å²) >= 11 is 1.70. The fourth-order valence-electron chi connectivity index (χ4n) is 2.76. The number of aromatic nitrogens is 2. The lowest BCUT2D eigenvalue weighted by Gasteiger charge is -2.25. The summed E-state index contributed by atoms with van der Waals surface area (Å²) in [5.74, 6) is 3.45. The average molecular weight is 261 g/mol. The van der Waals surface area contributed by atoms with Gasteiger partial charge < -0.3 is 5.32 Å². The van der Waals surface area contributed by atoms with Gasteiger partial charge in [-0.05, 0) is 30.2 Å². The van der Waals surface area contributed by atoms with Crippen molar-refractivity contribution in [3.05, 3.63) is 17.3 Å². The molecule has 2 aromatic heterocycles. The zero-order valence-electron chi connectivity index (χ0n) is 10.9. The molecule has 0 aromatic carbocycles. The SMILES string of the molecule is CNc1nc(C2CCC(C)CC2)nc2sccc12. The molecule has 0 aliphatic heterocycles. The Morgan fingerprint density at radius 2 is 2.00 bits per heavy atom. The maximum absolute atomic E-state index is 4.76. The summed E-state index contributed by atoms with van der Waals surface area (Å²) in [6.07, 6.45) is 5.10. The second kappa shape index (κ2) is 4.84. The van der Waals surface area contributed by atoms with E-state index in [0.29, 0.717) is 5.92 Å². The van der Waals surface area contributed by atoms with Crippen molar-refractivity contribution in [2.75, 3.05) is 12.4 Å². The van der Waals surface area contributed by atoms with Crippen molar-refractivity contribution in [1.82, 2.24) is 9.97 Å². The number of hydrogen-bond donors (Lipinski definition) is 1. The number of hydrogen-bond acceptors (Lipinski definition) is 4. The molecule has 2 heterocycles. The van der Waals surface area contributed by atoms with Crippen LogP contribution in [0, 0.1) is 5.92 Å². The molecular weight excluding hydrogens is 242 g/mol. The van der Waals surface area contributed by atoms with Crippen LogP contribution in [0.5, 0.6) is 0 Å². The van der Waals surface area contributed by atoms with Crippen LogP contribution in [0.2, 0.25) is 0 Å². The molecule has 0 atom stereocenters. The van der Waals surface area contributed by atoms with Gasteiger partial charge in [0.05, 0.1) is 5.39 Å². The van der Waals surface area contributed by atoms with E-state index in [4.69, 9.17) is 9.97 Å². The lowest BCUT2D eigenvalue weighted by molar-refractivity contribution is 0.340. The zero-order valence-corrected chi connectivity index (χ0v) is 11.8. The highest BCUT2D eigenvalue weighted by molar-refractivity contribution is 7.16. The van der Waals surface area contributed by atoms with Crippen molar-refractivity contribution >= 4 is 27.4 Å². The summed E-state index contributed by atoms with van der Waals surface area (Å²) < 4.78 is 0. The van der Waals surface area contributed by atoms with Gasteiger partial charge in [-0.2, -0.15) is 0 Å². The summed E-state index contributed by atoms with van der Waals surface area (Å²) in [5.41, 5.74) is 0. The van der Waals surface area contributed by atoms with Crippen LogP contribution in [0.15, 0.2) is 11.4 Å². The fourth-order valence-corrected chi connectivity index (χ4v) is 3.53. The molecule has 0 saturated heterocycles. The molecule has 3 nitrogen and oxygen atoms in total. The summed E-state index contributed by atoms with van der Waals surface area (Å²) in [6, 6.07) is 2.10. The Hall–Kier alpha value is -1.16. The van der Waals surface area contributed by atoms with Crippen LogP contribution < -0.4 is 5.32 Å². The smallest absolute Gasteiger partial charge is 0.138 e. The number of anilines is 1. The topological polar surface area (TPSA) is 37.8 Å². The predicted molar refractivity (Wildman–Crippen MR) is 77.3 cm³/mol. The predicted octanol–water partition coefficient (Wildman–Crippen LogP) is 4.03. The highest BCUT2D eigenvalue weighted by Crippen LogP contribution is 2.36. The number of fused-ring (bicyclic) bond motifs is 1. The van der Waals surface area contributed by atoms with Crippen LogP contribution in [0.4, 0.5) is 5.82 Å². The van der Waals surface area contributed by atoms with Crippen LogP contribution in [-0.2, 0) is 0 Å². The molecule has 0 unspecified atom stereocenters. The summed E-state index contributed by atoms with van der Waals surface area (Å²) in [4.78, 5) is 10.6. The number of nitrogens with zero attached hydrogens (tertiary/aromatic N) is 2. The normalized spacial score (nSPS) is 24.3. The van der Waals surface area contributed by atoms with Gasteiger partial charge in [0.15, 0.2) is 0 Å². The number of rotatable bonds is 2. The largest absolute Gasteiger partial charge is 0.372 e. The van der Waals surface area contributed by atoms with Gasteiger partial charge in [-0.15, -0.1) is 11.3 Å². The lowest BCUT2D eigenvalue weighted by atomic mass is 9.82. The first-order valence-corrected chi connectivity index (χ1v) is 7.58. The molecule has 3 rings (SSSR count). The molecule has 1 fully saturated rings. The van der Waals surface area contributed by atoms with E-state index in [0.717, 1.165) is 27.8 Å². The van der Waals surface area contributed by atoms with Gasteiger partial charge in [-0.1, -0.05) is 19.8 Å². The standard InChI is InChI=1S/C14H19N3S/c1-9-3-5-10(6-4-9)12-16-13(15-2)11-7-8-18-14(11)17-12/h7-10H,3-6H2,1-2H3,(H,15,16,17). The van der Waals surface area contributed by atoms with Crippen molar-refractivity contribution in [1.29, 1.82) is 0 Å². The highest BCUT2D eigenvalue weighted by Gasteiger charge is 2.23. The first-order valence-electron chi connectivity index (χ1n) is 6.71. The number of thiophene rings is 1. The Morgan fingerprint density at radius 1 is 1.22 bits per heavy atom. The monoisotopic (exact) mass is 261 g/mol. The first-order chi connectivity index (χ1) is 8.78. The van der Waals surface area contributed by atoms with Gasteiger partial charge in [-0.3, -0.25) is 0 Å². The number of nitrogens with one attached hydrogen (secondary N) is 1. The van der Waals surface area contributed by atoms with E-state index in [1.807, 2.05) is 7.05 Å². The molecule has 1 saturated carbocycles. The van der Waals surface area contributed by atoms with Crippen LogP contribution in [-0.4, -0.2) is 17.0 Å². The van der Waals surface area contributed by atoms with E-state index >= 15 is 0 Å². The molecule has 0 bridgehead atoms. The minimum Gasteiger partial charge on any atom is -0.372 e. The molecule has 96 valence electrons. The van der Waals surface area contributed by atoms with E-state index in [1.165, 1.54) is 25.7 Å². The van der Waals surface area contributed by atoms with Crippen molar-refractivity contribution in [3.63, 3.8) is 0 Å². The second-order valence-corrected chi connectivity index (χ2v) is 6.17. The van der Waals surface area contributed by atoms with Crippen LogP contribution >= 0.6 is 11.3 Å². The molecule has 0 spiro atoms. The van der Waals surface area contributed by atoms with Gasteiger partial charge in [0, 0.05) is 13.0 Å². The van der Waals surface area contributed by atoms with Gasteiger partial charge in [0.25, 0.3) is 0 Å². The minimum absolute atomic E-state index is 0.555. The lowest BCUT2D eigenvalue weighted by Crippen LogP contribution is -2.14. The van der Waals surface area contributed by atoms with Crippen molar-refractivity contribution < 1.29 is 0 Å². The molecule has 2 aromatic rings. The summed E-state index contributed by atoms with van der Waals surface area (Å²) in [5, 5.41) is 6.44. The van der Waals surface area contributed by atoms with E-state index in [-0.39, 0.29) is 0 Å². The highest BCUT2D eigenvalue weighted by atomic mass is 32.1. The maximum Gasteiger partial charge on any atom is 0.138 e. The maximum atomic E-state index is 4.76. The van der Waals surface area contributed by atoms with E-state index in [2.05, 4.69) is 23.7 Å². The molecule has 1 aliphatic rings. The summed E-state index contributed by atoms with van der Waals surface area (Å²) in [7, 11) is 1.94. The van der Waals surface area contributed by atoms with Crippen LogP contribution in [0.3, 0.4) is 0 Å². The van der Waals surface area contributed by atoms with Crippen molar-refractivity contribution in [2.24, 2.45) is 5.92 Å². The Bertz CT molecular complexity index is 541. The van der Waals surface area contributed by atoms with Crippen molar-refractivity contribution in [2.45, 2.75) is 38.5 Å². The van der Waals surface area contributed by atoms with Gasteiger partial charge in [-0.25, -0.2) is 9.97 Å². The molecule has 4 heteroatoms. The quantitative estimate of drug-likeness (QED) is 0.887. The zero-order chi connectivity index (χ0) is 12.5. The van der Waals surface area contributed by atoms with Gasteiger partial charge in [0.2, 0.25) is 0 Å². The molecule has 1 N–H and O–H groups in total. The van der Waals surface area contributed by atoms with Crippen LogP contribution in [0.25, 0.3) is 10.2 Å². The minimum atomic E-state index is 0.555. The summed E-state index contributed by atoms with van der Waals surface area (Å²) in [6.45, 7) is 2.35. The third-order valence-corrected chi connectivity index (χ3v) is 4.77. The van der Waals surface area contributed by atoms with Gasteiger partial charge in [0.1, 0.15) is 16.5 Å². The van der Waals surface area contributed by atoms with E-state index in [1.54, 1.807) is 11.3 Å². The Balaban J connectivity index is 1.96. The fraction of sp³-hybridized carbons (Fsp3) is 0.571. The van der Waals surface area contributed by atoms with Crippen LogP contribution in [0.1, 0.15) is 44.3 Å². The Morgan fingerprint density at radius 3 is 2.72 bits per heavy atom. The van der Waals surface area contributed by atoms with Gasteiger partial charge >= 0.3 is 0 Å². The second-order valence-electron chi connectivity index (χ2n) is 5.28. The van der Waals surface area contributed by atoms with Crippen molar-refractivity contribution in [3.8, 4) is 0 Å². The molecule has 18 heavy (non-hydrogen) atoms. The molecule has 0 radical (unpaired) electrons. The molecular formula is C14H19N3S. The third-order valence-electron chi connectivity index (χ3n) is 3.96. The molecule has 1 aliphatic carbocycles.